The Morgan fingerprint density at radius 1 is 1.06 bits per heavy atom. The Labute approximate surface area is 193 Å². The van der Waals surface area contributed by atoms with Crippen LogP contribution in [0.3, 0.4) is 0 Å². The number of amides is 2. The van der Waals surface area contributed by atoms with Crippen molar-refractivity contribution in [2.24, 2.45) is 17.8 Å². The molecule has 0 unspecified atom stereocenters. The zero-order valence-corrected chi connectivity index (χ0v) is 18.7. The number of hydrogen-bond donors (Lipinski definition) is 2. The van der Waals surface area contributed by atoms with Crippen LogP contribution in [0.25, 0.3) is 11.3 Å². The Kier molecular flexibility index (Phi) is 6.26. The number of carbonyl (C=O) groups excluding carboxylic acids is 3. The van der Waals surface area contributed by atoms with Crippen LogP contribution in [-0.4, -0.2) is 59.9 Å². The van der Waals surface area contributed by atoms with Gasteiger partial charge in [-0.15, -0.1) is 0 Å². The van der Waals surface area contributed by atoms with E-state index in [4.69, 9.17) is 4.52 Å². The maximum atomic E-state index is 12.4. The van der Waals surface area contributed by atoms with Gasteiger partial charge in [-0.3, -0.25) is 14.4 Å². The smallest absolute Gasteiger partial charge is 0.290 e. The van der Waals surface area contributed by atoms with Gasteiger partial charge in [0, 0.05) is 43.2 Å². The van der Waals surface area contributed by atoms with Crippen molar-refractivity contribution >= 4 is 17.6 Å². The molecule has 33 heavy (non-hydrogen) atoms. The van der Waals surface area contributed by atoms with Crippen LogP contribution in [0.1, 0.15) is 42.7 Å². The van der Waals surface area contributed by atoms with Gasteiger partial charge in [-0.2, -0.15) is 0 Å². The molecule has 0 radical (unpaired) electrons. The maximum absolute atomic E-state index is 12.4. The summed E-state index contributed by atoms with van der Waals surface area (Å²) in [5, 5.41) is 9.67. The second-order valence-corrected chi connectivity index (χ2v) is 9.68. The van der Waals surface area contributed by atoms with E-state index in [2.05, 4.69) is 20.7 Å². The molecule has 1 aromatic heterocycles. The van der Waals surface area contributed by atoms with Crippen LogP contribution in [0.15, 0.2) is 40.9 Å². The molecule has 1 aliphatic heterocycles. The molecule has 174 valence electrons. The number of hydrogen-bond acceptors (Lipinski definition) is 6. The summed E-state index contributed by atoms with van der Waals surface area (Å²) in [6.45, 7) is 2.80. The predicted molar refractivity (Wildman–Crippen MR) is 121 cm³/mol. The second-order valence-electron chi connectivity index (χ2n) is 9.68. The van der Waals surface area contributed by atoms with Crippen molar-refractivity contribution in [2.75, 3.05) is 26.2 Å². The number of nitrogens with one attached hydrogen (secondary N) is 2. The van der Waals surface area contributed by atoms with Gasteiger partial charge in [-0.25, -0.2) is 0 Å². The van der Waals surface area contributed by atoms with E-state index in [0.717, 1.165) is 31.1 Å². The van der Waals surface area contributed by atoms with E-state index in [1.807, 2.05) is 30.3 Å². The summed E-state index contributed by atoms with van der Waals surface area (Å²) in [5.41, 5.74) is 1.49. The summed E-state index contributed by atoms with van der Waals surface area (Å²) in [5.74, 6) is 0.545. The standard InChI is InChI=1S/C25H30N4O4/c30-22(12-26-24(31)19-14-29(15-19)13-16-5-4-6-16)18-9-20(10-18)27-25(32)23-11-21(28-33-23)17-7-2-1-3-8-17/h1-3,7-8,11,16,18-20H,4-6,9-10,12-15H2,(H,26,31)(H,27,32). The van der Waals surface area contributed by atoms with E-state index in [-0.39, 0.29) is 47.8 Å². The molecule has 2 aromatic rings. The lowest BCUT2D eigenvalue weighted by Crippen LogP contribution is -2.56. The van der Waals surface area contributed by atoms with E-state index in [1.165, 1.54) is 19.3 Å². The summed E-state index contributed by atoms with van der Waals surface area (Å²) in [6.07, 6.45) is 5.14. The molecule has 2 aliphatic carbocycles. The monoisotopic (exact) mass is 450 g/mol. The lowest BCUT2D eigenvalue weighted by Gasteiger charge is -2.42. The number of benzene rings is 1. The molecule has 5 rings (SSSR count). The highest BCUT2D eigenvalue weighted by atomic mass is 16.5. The summed E-state index contributed by atoms with van der Waals surface area (Å²) in [4.78, 5) is 39.5. The van der Waals surface area contributed by atoms with Crippen LogP contribution >= 0.6 is 0 Å². The van der Waals surface area contributed by atoms with Crippen molar-refractivity contribution in [3.63, 3.8) is 0 Å². The summed E-state index contributed by atoms with van der Waals surface area (Å²) in [6, 6.07) is 11.1. The van der Waals surface area contributed by atoms with Gasteiger partial charge in [0.15, 0.2) is 5.78 Å². The number of rotatable bonds is 9. The van der Waals surface area contributed by atoms with E-state index in [0.29, 0.717) is 18.5 Å². The molecule has 2 amide bonds. The molecule has 1 aromatic carbocycles. The Morgan fingerprint density at radius 2 is 1.82 bits per heavy atom. The molecule has 2 N–H and O–H groups in total. The van der Waals surface area contributed by atoms with Crippen molar-refractivity contribution in [3.05, 3.63) is 42.2 Å². The SMILES string of the molecule is O=C(NC1CC(C(=O)CNC(=O)C2CN(CC3CCC3)C2)C1)c1cc(-c2ccccc2)no1. The molecule has 8 heteroatoms. The fraction of sp³-hybridized carbons (Fsp3) is 0.520. The van der Waals surface area contributed by atoms with E-state index < -0.39 is 0 Å². The highest BCUT2D eigenvalue weighted by molar-refractivity contribution is 5.93. The number of likely N-dealkylation sites (tertiary alicyclic amines) is 1. The highest BCUT2D eigenvalue weighted by Crippen LogP contribution is 2.30. The largest absolute Gasteiger partial charge is 0.350 e. The fourth-order valence-corrected chi connectivity index (χ4v) is 4.77. The molecular formula is C25H30N4O4. The van der Waals surface area contributed by atoms with Gasteiger partial charge in [0.25, 0.3) is 5.91 Å². The molecular weight excluding hydrogens is 420 g/mol. The summed E-state index contributed by atoms with van der Waals surface area (Å²) >= 11 is 0. The predicted octanol–water partition coefficient (Wildman–Crippen LogP) is 2.27. The van der Waals surface area contributed by atoms with E-state index in [1.54, 1.807) is 6.07 Å². The Hall–Kier alpha value is -3.00. The Morgan fingerprint density at radius 3 is 2.52 bits per heavy atom. The molecule has 1 saturated heterocycles. The number of ketones is 1. The number of Topliss-reactive ketones (excluding diaryl/α,β-unsaturated/α-hetero) is 1. The first-order valence-corrected chi connectivity index (χ1v) is 11.9. The van der Waals surface area contributed by atoms with Crippen molar-refractivity contribution in [2.45, 2.75) is 38.1 Å². The van der Waals surface area contributed by atoms with Crippen LogP contribution in [-0.2, 0) is 9.59 Å². The zero-order chi connectivity index (χ0) is 22.8. The number of carbonyl (C=O) groups is 3. The van der Waals surface area contributed by atoms with Crippen LogP contribution < -0.4 is 10.6 Å². The first-order chi connectivity index (χ1) is 16.0. The van der Waals surface area contributed by atoms with Crippen LogP contribution in [0.2, 0.25) is 0 Å². The minimum Gasteiger partial charge on any atom is -0.350 e. The lowest BCUT2D eigenvalue weighted by molar-refractivity contribution is -0.134. The summed E-state index contributed by atoms with van der Waals surface area (Å²) in [7, 11) is 0. The first kappa shape index (κ1) is 21.8. The molecule has 2 saturated carbocycles. The quantitative estimate of drug-likeness (QED) is 0.607. The van der Waals surface area contributed by atoms with Gasteiger partial charge in [0.05, 0.1) is 12.5 Å². The Bertz CT molecular complexity index is 1000. The molecule has 0 spiro atoms. The highest BCUT2D eigenvalue weighted by Gasteiger charge is 2.37. The van der Waals surface area contributed by atoms with Crippen molar-refractivity contribution < 1.29 is 18.9 Å². The third-order valence-electron chi connectivity index (χ3n) is 7.24. The third-order valence-corrected chi connectivity index (χ3v) is 7.24. The molecule has 2 heterocycles. The zero-order valence-electron chi connectivity index (χ0n) is 18.7. The molecule has 0 atom stereocenters. The molecule has 3 fully saturated rings. The van der Waals surface area contributed by atoms with Crippen LogP contribution in [0, 0.1) is 17.8 Å². The average Bonchev–Trinajstić information content (AvgIpc) is 3.23. The minimum absolute atomic E-state index is 0.00832. The second kappa shape index (κ2) is 9.47. The third kappa shape index (κ3) is 5.00. The molecule has 3 aliphatic rings. The van der Waals surface area contributed by atoms with Crippen molar-refractivity contribution in [1.29, 1.82) is 0 Å². The lowest BCUT2D eigenvalue weighted by atomic mass is 9.77. The summed E-state index contributed by atoms with van der Waals surface area (Å²) < 4.78 is 5.19. The normalized spacial score (nSPS) is 23.2. The average molecular weight is 451 g/mol. The van der Waals surface area contributed by atoms with Gasteiger partial charge in [-0.1, -0.05) is 41.9 Å². The first-order valence-electron chi connectivity index (χ1n) is 11.9. The van der Waals surface area contributed by atoms with E-state index >= 15 is 0 Å². The molecule has 8 nitrogen and oxygen atoms in total. The van der Waals surface area contributed by atoms with Crippen molar-refractivity contribution in [3.8, 4) is 11.3 Å². The van der Waals surface area contributed by atoms with Gasteiger partial charge in [0.1, 0.15) is 5.69 Å². The fourth-order valence-electron chi connectivity index (χ4n) is 4.77. The van der Waals surface area contributed by atoms with Crippen molar-refractivity contribution in [1.82, 2.24) is 20.7 Å². The Balaban J connectivity index is 0.990. The van der Waals surface area contributed by atoms with Gasteiger partial charge in [-0.05, 0) is 31.6 Å². The number of aromatic nitrogens is 1. The van der Waals surface area contributed by atoms with Crippen LogP contribution in [0.5, 0.6) is 0 Å². The van der Waals surface area contributed by atoms with Gasteiger partial charge < -0.3 is 20.1 Å². The van der Waals surface area contributed by atoms with Gasteiger partial charge in [0.2, 0.25) is 11.7 Å². The van der Waals surface area contributed by atoms with Crippen LogP contribution in [0.4, 0.5) is 0 Å². The van der Waals surface area contributed by atoms with E-state index in [9.17, 15) is 14.4 Å². The maximum Gasteiger partial charge on any atom is 0.290 e. The van der Waals surface area contributed by atoms with Gasteiger partial charge >= 0.3 is 0 Å². The number of nitrogens with zero attached hydrogens (tertiary/aromatic N) is 2. The molecule has 0 bridgehead atoms. The topological polar surface area (TPSA) is 105 Å². The minimum atomic E-state index is -0.328.